The van der Waals surface area contributed by atoms with E-state index in [1.165, 1.54) is 5.56 Å². The van der Waals surface area contributed by atoms with Crippen LogP contribution in [0.1, 0.15) is 23.6 Å². The first-order chi connectivity index (χ1) is 9.67. The second kappa shape index (κ2) is 5.14. The van der Waals surface area contributed by atoms with Gasteiger partial charge in [0, 0.05) is 16.2 Å². The average molecular weight is 284 g/mol. The largest absolute Gasteiger partial charge is 0.321 e. The second-order valence-corrected chi connectivity index (χ2v) is 5.23. The Kier molecular flexibility index (Phi) is 3.33. The van der Waals surface area contributed by atoms with Gasteiger partial charge in [-0.3, -0.25) is 4.79 Å². The van der Waals surface area contributed by atoms with E-state index in [1.807, 2.05) is 24.3 Å². The minimum Gasteiger partial charge on any atom is -0.321 e. The molecule has 0 saturated carbocycles. The Morgan fingerprint density at radius 2 is 1.90 bits per heavy atom. The fourth-order valence-corrected chi connectivity index (χ4v) is 2.50. The van der Waals surface area contributed by atoms with Crippen molar-refractivity contribution < 1.29 is 4.79 Å². The molecule has 0 aromatic heterocycles. The van der Waals surface area contributed by atoms with E-state index in [0.717, 1.165) is 23.2 Å². The van der Waals surface area contributed by atoms with Gasteiger partial charge in [0.15, 0.2) is 0 Å². The molecule has 2 aromatic rings. The summed E-state index contributed by atoms with van der Waals surface area (Å²) in [6, 6.07) is 13.7. The molecule has 1 heterocycles. The minimum atomic E-state index is -0.0816. The molecule has 0 unspecified atom stereocenters. The maximum atomic E-state index is 12.0. The van der Waals surface area contributed by atoms with Gasteiger partial charge in [-0.25, -0.2) is 0 Å². The summed E-state index contributed by atoms with van der Waals surface area (Å²) >= 11 is 5.94. The Morgan fingerprint density at radius 3 is 2.60 bits per heavy atom. The van der Waals surface area contributed by atoms with Gasteiger partial charge in [0.1, 0.15) is 0 Å². The van der Waals surface area contributed by atoms with Gasteiger partial charge in [0.05, 0.1) is 5.69 Å². The predicted octanol–water partition coefficient (Wildman–Crippen LogP) is 4.40. The highest BCUT2D eigenvalue weighted by Gasteiger charge is 2.23. The Hall–Kier alpha value is -2.06. The van der Waals surface area contributed by atoms with Gasteiger partial charge in [-0.1, -0.05) is 48.9 Å². The summed E-state index contributed by atoms with van der Waals surface area (Å²) in [6.07, 6.45) is 2.92. The lowest BCUT2D eigenvalue weighted by atomic mass is 10.0. The number of benzene rings is 2. The maximum Gasteiger partial charge on any atom is 0.256 e. The summed E-state index contributed by atoms with van der Waals surface area (Å²) in [5.41, 5.74) is 4.67. The molecule has 0 aliphatic carbocycles. The summed E-state index contributed by atoms with van der Waals surface area (Å²) in [4.78, 5) is 12.0. The lowest BCUT2D eigenvalue weighted by Crippen LogP contribution is -2.03. The second-order valence-electron chi connectivity index (χ2n) is 4.80. The summed E-state index contributed by atoms with van der Waals surface area (Å²) in [5, 5.41) is 3.46. The highest BCUT2D eigenvalue weighted by atomic mass is 35.5. The van der Waals surface area contributed by atoms with Crippen LogP contribution in [0.2, 0.25) is 5.02 Å². The SMILES string of the molecule is CCc1ccc(/C=C2/C(=O)Nc3cc(Cl)ccc32)cc1. The van der Waals surface area contributed by atoms with E-state index in [-0.39, 0.29) is 5.91 Å². The maximum absolute atomic E-state index is 12.0. The van der Waals surface area contributed by atoms with Crippen molar-refractivity contribution in [1.82, 2.24) is 0 Å². The first-order valence-corrected chi connectivity index (χ1v) is 6.97. The molecule has 100 valence electrons. The Labute approximate surface area is 123 Å². The normalized spacial score (nSPS) is 15.3. The van der Waals surface area contributed by atoms with E-state index >= 15 is 0 Å². The standard InChI is InChI=1S/C17H14ClNO/c1-2-11-3-5-12(6-4-11)9-15-14-8-7-13(18)10-16(14)19-17(15)20/h3-10H,2H2,1H3,(H,19,20)/b15-9+. The molecular formula is C17H14ClNO. The monoisotopic (exact) mass is 283 g/mol. The van der Waals surface area contributed by atoms with Gasteiger partial charge in [-0.2, -0.15) is 0 Å². The third kappa shape index (κ3) is 2.35. The lowest BCUT2D eigenvalue weighted by molar-refractivity contribution is -0.110. The van der Waals surface area contributed by atoms with Crippen LogP contribution in [0.4, 0.5) is 5.69 Å². The van der Waals surface area contributed by atoms with Crippen LogP contribution in [0.3, 0.4) is 0 Å². The summed E-state index contributed by atoms with van der Waals surface area (Å²) in [6.45, 7) is 2.12. The smallest absolute Gasteiger partial charge is 0.256 e. The van der Waals surface area contributed by atoms with E-state index in [9.17, 15) is 4.79 Å². The van der Waals surface area contributed by atoms with Crippen molar-refractivity contribution in [3.63, 3.8) is 0 Å². The highest BCUT2D eigenvalue weighted by Crippen LogP contribution is 2.34. The molecule has 3 heteroatoms. The Balaban J connectivity index is 2.01. The molecule has 0 atom stereocenters. The van der Waals surface area contributed by atoms with E-state index < -0.39 is 0 Å². The van der Waals surface area contributed by atoms with Crippen LogP contribution >= 0.6 is 11.6 Å². The lowest BCUT2D eigenvalue weighted by Gasteiger charge is -2.00. The summed E-state index contributed by atoms with van der Waals surface area (Å²) in [5.74, 6) is -0.0816. The predicted molar refractivity (Wildman–Crippen MR) is 83.8 cm³/mol. The summed E-state index contributed by atoms with van der Waals surface area (Å²) in [7, 11) is 0. The zero-order chi connectivity index (χ0) is 14.1. The van der Waals surface area contributed by atoms with Crippen LogP contribution in [-0.2, 0) is 11.2 Å². The molecule has 1 aliphatic rings. The van der Waals surface area contributed by atoms with Crippen molar-refractivity contribution in [3.05, 3.63) is 64.2 Å². The molecule has 1 aliphatic heterocycles. The fourth-order valence-electron chi connectivity index (χ4n) is 2.33. The van der Waals surface area contributed by atoms with Crippen molar-refractivity contribution in [2.45, 2.75) is 13.3 Å². The number of anilines is 1. The van der Waals surface area contributed by atoms with Crippen LogP contribution in [0, 0.1) is 0 Å². The zero-order valence-corrected chi connectivity index (χ0v) is 11.9. The highest BCUT2D eigenvalue weighted by molar-refractivity contribution is 6.36. The third-order valence-corrected chi connectivity index (χ3v) is 3.70. The van der Waals surface area contributed by atoms with Gasteiger partial charge < -0.3 is 5.32 Å². The van der Waals surface area contributed by atoms with Crippen LogP contribution in [0.5, 0.6) is 0 Å². The number of carbonyl (C=O) groups is 1. The minimum absolute atomic E-state index is 0.0816. The number of hydrogen-bond acceptors (Lipinski definition) is 1. The van der Waals surface area contributed by atoms with Crippen molar-refractivity contribution in [2.24, 2.45) is 0 Å². The van der Waals surface area contributed by atoms with Gasteiger partial charge in [-0.05, 0) is 35.8 Å². The number of amides is 1. The van der Waals surface area contributed by atoms with E-state index in [4.69, 9.17) is 11.6 Å². The molecule has 3 rings (SSSR count). The molecular weight excluding hydrogens is 270 g/mol. The average Bonchev–Trinajstić information content (AvgIpc) is 2.75. The third-order valence-electron chi connectivity index (χ3n) is 3.46. The van der Waals surface area contributed by atoms with Crippen molar-refractivity contribution in [2.75, 3.05) is 5.32 Å². The molecule has 0 fully saturated rings. The molecule has 20 heavy (non-hydrogen) atoms. The molecule has 1 N–H and O–H groups in total. The first kappa shape index (κ1) is 12.9. The summed E-state index contributed by atoms with van der Waals surface area (Å²) < 4.78 is 0. The van der Waals surface area contributed by atoms with Gasteiger partial charge in [0.25, 0.3) is 5.91 Å². The Morgan fingerprint density at radius 1 is 1.15 bits per heavy atom. The number of halogens is 1. The van der Waals surface area contributed by atoms with Crippen LogP contribution in [0.15, 0.2) is 42.5 Å². The molecule has 0 spiro atoms. The van der Waals surface area contributed by atoms with Crippen molar-refractivity contribution in [3.8, 4) is 0 Å². The molecule has 2 aromatic carbocycles. The number of carbonyl (C=O) groups excluding carboxylic acids is 1. The van der Waals surface area contributed by atoms with Crippen molar-refractivity contribution in [1.29, 1.82) is 0 Å². The first-order valence-electron chi connectivity index (χ1n) is 6.59. The molecule has 2 nitrogen and oxygen atoms in total. The van der Waals surface area contributed by atoms with Gasteiger partial charge >= 0.3 is 0 Å². The molecule has 0 radical (unpaired) electrons. The number of fused-ring (bicyclic) bond motifs is 1. The van der Waals surface area contributed by atoms with E-state index in [0.29, 0.717) is 10.6 Å². The zero-order valence-electron chi connectivity index (χ0n) is 11.1. The van der Waals surface area contributed by atoms with Crippen LogP contribution in [-0.4, -0.2) is 5.91 Å². The van der Waals surface area contributed by atoms with Crippen LogP contribution in [0.25, 0.3) is 11.6 Å². The quantitative estimate of drug-likeness (QED) is 0.814. The topological polar surface area (TPSA) is 29.1 Å². The van der Waals surface area contributed by atoms with Crippen molar-refractivity contribution >= 4 is 34.8 Å². The molecule has 0 saturated heterocycles. The number of rotatable bonds is 2. The number of aryl methyl sites for hydroxylation is 1. The number of nitrogens with one attached hydrogen (secondary N) is 1. The molecule has 1 amide bonds. The molecule has 0 bridgehead atoms. The van der Waals surface area contributed by atoms with E-state index in [2.05, 4.69) is 24.4 Å². The fraction of sp³-hybridized carbons (Fsp3) is 0.118. The van der Waals surface area contributed by atoms with E-state index in [1.54, 1.807) is 12.1 Å². The van der Waals surface area contributed by atoms with Gasteiger partial charge in [-0.15, -0.1) is 0 Å². The number of hydrogen-bond donors (Lipinski definition) is 1. The van der Waals surface area contributed by atoms with Crippen LogP contribution < -0.4 is 5.32 Å². The van der Waals surface area contributed by atoms with Gasteiger partial charge in [0.2, 0.25) is 0 Å². The Bertz CT molecular complexity index is 701.